The van der Waals surface area contributed by atoms with Gasteiger partial charge >= 0.3 is 12.1 Å². The summed E-state index contributed by atoms with van der Waals surface area (Å²) in [5, 5.41) is 12.8. The van der Waals surface area contributed by atoms with Gasteiger partial charge in [-0.05, 0) is 50.8 Å². The fraction of sp³-hybridized carbons (Fsp3) is 0.481. The van der Waals surface area contributed by atoms with Crippen LogP contribution < -0.4 is 5.32 Å². The van der Waals surface area contributed by atoms with E-state index in [9.17, 15) is 14.7 Å². The zero-order valence-corrected chi connectivity index (χ0v) is 20.6. The predicted molar refractivity (Wildman–Crippen MR) is 130 cm³/mol. The molecule has 0 radical (unpaired) electrons. The van der Waals surface area contributed by atoms with Crippen LogP contribution in [-0.4, -0.2) is 42.0 Å². The Morgan fingerprint density at radius 1 is 0.939 bits per heavy atom. The lowest BCUT2D eigenvalue weighted by atomic mass is 9.74. The van der Waals surface area contributed by atoms with Gasteiger partial charge in [0.05, 0.1) is 19.1 Å². The van der Waals surface area contributed by atoms with Crippen molar-refractivity contribution in [2.24, 2.45) is 5.92 Å². The van der Waals surface area contributed by atoms with Crippen molar-refractivity contribution in [2.75, 3.05) is 13.2 Å². The quantitative estimate of drug-likeness (QED) is 0.515. The van der Waals surface area contributed by atoms with E-state index in [0.29, 0.717) is 0 Å². The molecular weight excluding hydrogens is 418 g/mol. The molecule has 2 atom stereocenters. The zero-order valence-electron chi connectivity index (χ0n) is 20.6. The summed E-state index contributed by atoms with van der Waals surface area (Å²) in [5.74, 6) is -1.24. The van der Waals surface area contributed by atoms with Gasteiger partial charge in [0.25, 0.3) is 0 Å². The molecule has 0 aromatic heterocycles. The van der Waals surface area contributed by atoms with Gasteiger partial charge in [0.15, 0.2) is 0 Å². The van der Waals surface area contributed by atoms with E-state index in [1.807, 2.05) is 56.3 Å². The van der Waals surface area contributed by atoms with E-state index in [1.165, 1.54) is 0 Å². The van der Waals surface area contributed by atoms with Crippen LogP contribution in [0.15, 0.2) is 54.6 Å². The maximum absolute atomic E-state index is 12.6. The van der Waals surface area contributed by atoms with Crippen LogP contribution >= 0.6 is 0 Å². The van der Waals surface area contributed by atoms with Gasteiger partial charge in [0.2, 0.25) is 0 Å². The third kappa shape index (κ3) is 7.60. The molecule has 6 nitrogen and oxygen atoms in total. The van der Waals surface area contributed by atoms with Gasteiger partial charge in [-0.25, -0.2) is 4.79 Å². The van der Waals surface area contributed by atoms with Crippen LogP contribution in [0, 0.1) is 5.92 Å². The Bertz CT molecular complexity index is 900. The average Bonchev–Trinajstić information content (AvgIpc) is 2.76. The van der Waals surface area contributed by atoms with Gasteiger partial charge in [-0.1, -0.05) is 68.4 Å². The van der Waals surface area contributed by atoms with Crippen LogP contribution in [0.2, 0.25) is 0 Å². The minimum atomic E-state index is -0.757. The molecule has 0 heterocycles. The van der Waals surface area contributed by atoms with Gasteiger partial charge in [-0.2, -0.15) is 0 Å². The highest BCUT2D eigenvalue weighted by Crippen LogP contribution is 2.33. The lowest BCUT2D eigenvalue weighted by molar-refractivity contribution is -0.150. The summed E-state index contributed by atoms with van der Waals surface area (Å²) in [6.07, 6.45) is -0.357. The second-order valence-corrected chi connectivity index (χ2v) is 9.73. The van der Waals surface area contributed by atoms with Crippen molar-refractivity contribution in [3.8, 4) is 11.1 Å². The molecule has 0 aliphatic rings. The van der Waals surface area contributed by atoms with Crippen LogP contribution in [0.25, 0.3) is 11.1 Å². The normalized spacial score (nSPS) is 13.7. The molecule has 0 spiro atoms. The molecule has 0 saturated heterocycles. The van der Waals surface area contributed by atoms with E-state index in [2.05, 4.69) is 17.4 Å². The summed E-state index contributed by atoms with van der Waals surface area (Å²) in [6, 6.07) is 17.8. The molecule has 2 aromatic carbocycles. The van der Waals surface area contributed by atoms with Crippen molar-refractivity contribution >= 4 is 12.1 Å². The monoisotopic (exact) mass is 455 g/mol. The molecule has 2 N–H and O–H groups in total. The third-order valence-electron chi connectivity index (χ3n) is 5.66. The highest BCUT2D eigenvalue weighted by molar-refractivity contribution is 5.73. The van der Waals surface area contributed by atoms with Gasteiger partial charge in [0.1, 0.15) is 5.60 Å². The SMILES string of the molecule is CCOC(=O)C(CO)C[C@H](NC(=O)OC(C)(C)C)C(C)(C)c1ccc(-c2ccccc2)cc1. The molecular formula is C27H37NO5. The number of hydrogen-bond acceptors (Lipinski definition) is 5. The number of amides is 1. The fourth-order valence-corrected chi connectivity index (χ4v) is 3.70. The van der Waals surface area contributed by atoms with E-state index >= 15 is 0 Å². The van der Waals surface area contributed by atoms with Crippen molar-refractivity contribution in [3.05, 3.63) is 60.2 Å². The summed E-state index contributed by atoms with van der Waals surface area (Å²) in [7, 11) is 0. The molecule has 180 valence electrons. The van der Waals surface area contributed by atoms with Crippen LogP contribution in [0.1, 0.15) is 53.5 Å². The second-order valence-electron chi connectivity index (χ2n) is 9.73. The summed E-state index contributed by atoms with van der Waals surface area (Å²) in [5.41, 5.74) is 1.97. The first-order valence-corrected chi connectivity index (χ1v) is 11.4. The molecule has 1 unspecified atom stereocenters. The number of alkyl carbamates (subject to hydrolysis) is 1. The van der Waals surface area contributed by atoms with Gasteiger partial charge < -0.3 is 19.9 Å². The van der Waals surface area contributed by atoms with E-state index in [0.717, 1.165) is 16.7 Å². The Morgan fingerprint density at radius 3 is 2.03 bits per heavy atom. The number of hydrogen-bond donors (Lipinski definition) is 2. The molecule has 0 saturated carbocycles. The van der Waals surface area contributed by atoms with Crippen molar-refractivity contribution in [3.63, 3.8) is 0 Å². The van der Waals surface area contributed by atoms with E-state index < -0.39 is 35.0 Å². The number of ether oxygens (including phenoxy) is 2. The molecule has 0 aliphatic heterocycles. The fourth-order valence-electron chi connectivity index (χ4n) is 3.70. The van der Waals surface area contributed by atoms with E-state index in [4.69, 9.17) is 9.47 Å². The molecule has 6 heteroatoms. The first-order valence-electron chi connectivity index (χ1n) is 11.4. The number of carbonyl (C=O) groups is 2. The van der Waals surface area contributed by atoms with Gasteiger partial charge in [-0.3, -0.25) is 4.79 Å². The number of nitrogens with one attached hydrogen (secondary N) is 1. The van der Waals surface area contributed by atoms with Crippen LogP contribution in [0.3, 0.4) is 0 Å². The van der Waals surface area contributed by atoms with E-state index in [1.54, 1.807) is 27.7 Å². The highest BCUT2D eigenvalue weighted by Gasteiger charge is 2.37. The minimum Gasteiger partial charge on any atom is -0.466 e. The molecule has 2 aromatic rings. The first-order chi connectivity index (χ1) is 15.5. The van der Waals surface area contributed by atoms with Crippen LogP contribution in [-0.2, 0) is 19.7 Å². The molecule has 33 heavy (non-hydrogen) atoms. The Hall–Kier alpha value is -2.86. The number of rotatable bonds is 9. The highest BCUT2D eigenvalue weighted by atomic mass is 16.6. The van der Waals surface area contributed by atoms with Crippen LogP contribution in [0.5, 0.6) is 0 Å². The molecule has 0 aliphatic carbocycles. The smallest absolute Gasteiger partial charge is 0.407 e. The topological polar surface area (TPSA) is 84.9 Å². The molecule has 0 fully saturated rings. The summed E-state index contributed by atoms with van der Waals surface area (Å²) < 4.78 is 10.6. The average molecular weight is 456 g/mol. The number of aliphatic hydroxyl groups is 1. The Kier molecular flexibility index (Phi) is 9.06. The predicted octanol–water partition coefficient (Wildman–Crippen LogP) is 5.09. The molecule has 0 bridgehead atoms. The lowest BCUT2D eigenvalue weighted by Crippen LogP contribution is -2.50. The Balaban J connectivity index is 2.33. The summed E-state index contributed by atoms with van der Waals surface area (Å²) >= 11 is 0. The van der Waals surface area contributed by atoms with Crippen LogP contribution in [0.4, 0.5) is 4.79 Å². The van der Waals surface area contributed by atoms with E-state index in [-0.39, 0.29) is 19.6 Å². The van der Waals surface area contributed by atoms with Crippen molar-refractivity contribution in [2.45, 2.75) is 65.0 Å². The van der Waals surface area contributed by atoms with Gasteiger partial charge in [-0.15, -0.1) is 0 Å². The summed E-state index contributed by atoms with van der Waals surface area (Å²) in [4.78, 5) is 25.0. The number of benzene rings is 2. The standard InChI is InChI=1S/C27H37NO5/c1-7-32-24(30)21(18-29)17-23(28-25(31)33-26(2,3)4)27(5,6)22-15-13-20(14-16-22)19-11-9-8-10-12-19/h8-16,21,23,29H,7,17-18H2,1-6H3,(H,28,31)/t21?,23-/m0/s1. The Labute approximate surface area is 197 Å². The summed E-state index contributed by atoms with van der Waals surface area (Å²) in [6.45, 7) is 11.0. The first kappa shape index (κ1) is 26.4. The number of carbonyl (C=O) groups excluding carboxylic acids is 2. The maximum atomic E-state index is 12.6. The largest absolute Gasteiger partial charge is 0.466 e. The number of aliphatic hydroxyl groups excluding tert-OH is 1. The third-order valence-corrected chi connectivity index (χ3v) is 5.66. The number of esters is 1. The van der Waals surface area contributed by atoms with Crippen molar-refractivity contribution in [1.82, 2.24) is 5.32 Å². The maximum Gasteiger partial charge on any atom is 0.407 e. The van der Waals surface area contributed by atoms with Crippen molar-refractivity contribution in [1.29, 1.82) is 0 Å². The lowest BCUT2D eigenvalue weighted by Gasteiger charge is -2.37. The van der Waals surface area contributed by atoms with Crippen molar-refractivity contribution < 1.29 is 24.2 Å². The van der Waals surface area contributed by atoms with Gasteiger partial charge in [0, 0.05) is 11.5 Å². The zero-order chi connectivity index (χ0) is 24.6. The minimum absolute atomic E-state index is 0.210. The molecule has 1 amide bonds. The molecule has 2 rings (SSSR count). The second kappa shape index (κ2) is 11.3. The Morgan fingerprint density at radius 2 is 1.52 bits per heavy atom.